The van der Waals surface area contributed by atoms with Crippen LogP contribution in [0.3, 0.4) is 0 Å². The van der Waals surface area contributed by atoms with Crippen LogP contribution >= 0.6 is 23.2 Å². The number of hydroxylamine groups is 1. The number of rotatable bonds is 7. The first-order valence-electron chi connectivity index (χ1n) is 11.9. The summed E-state index contributed by atoms with van der Waals surface area (Å²) in [6.07, 6.45) is -3.70. The lowest BCUT2D eigenvalue weighted by Crippen LogP contribution is -2.42. The van der Waals surface area contributed by atoms with E-state index in [1.165, 1.54) is 6.92 Å². The Morgan fingerprint density at radius 1 is 1.10 bits per heavy atom. The van der Waals surface area contributed by atoms with Gasteiger partial charge in [0.05, 0.1) is 18.4 Å². The van der Waals surface area contributed by atoms with Gasteiger partial charge in [-0.2, -0.15) is 13.2 Å². The summed E-state index contributed by atoms with van der Waals surface area (Å²) in [4.78, 5) is 29.7. The fourth-order valence-electron chi connectivity index (χ4n) is 4.21. The zero-order valence-electron chi connectivity index (χ0n) is 21.6. The van der Waals surface area contributed by atoms with Crippen LogP contribution < -0.4 is 4.74 Å². The zero-order valence-corrected chi connectivity index (χ0v) is 23.9. The van der Waals surface area contributed by atoms with Crippen molar-refractivity contribution in [2.24, 2.45) is 5.92 Å². The molecule has 1 heterocycles. The summed E-state index contributed by atoms with van der Waals surface area (Å²) >= 11 is 12.2. The van der Waals surface area contributed by atoms with Gasteiger partial charge in [-0.05, 0) is 81.1 Å². The number of alkyl halides is 3. The quantitative estimate of drug-likeness (QED) is 0.286. The molecule has 0 radical (unpaired) electrons. The number of amides is 1. The minimum atomic E-state index is -5.59. The SMILES string of the molecule is Cc1cc(C(=O)N(OC(=O)C(F)(F)F)S(C)(=O)=O)c(F)cc1OCC1CCN([C@@H](C)c2cc(Cl)cc(Cl)c2)CC1. The van der Waals surface area contributed by atoms with Gasteiger partial charge in [-0.3, -0.25) is 9.69 Å². The topological polar surface area (TPSA) is 93.2 Å². The van der Waals surface area contributed by atoms with Crippen molar-refractivity contribution in [3.63, 3.8) is 0 Å². The Kier molecular flexibility index (Phi) is 9.97. The molecule has 8 nitrogen and oxygen atoms in total. The van der Waals surface area contributed by atoms with E-state index < -0.39 is 43.9 Å². The first-order chi connectivity index (χ1) is 18.5. The number of hydrogen-bond acceptors (Lipinski definition) is 7. The fraction of sp³-hybridized carbons (Fsp3) is 0.440. The van der Waals surface area contributed by atoms with Crippen LogP contribution in [0.2, 0.25) is 10.0 Å². The Bertz CT molecular complexity index is 1360. The van der Waals surface area contributed by atoms with E-state index in [1.54, 1.807) is 6.07 Å². The predicted molar refractivity (Wildman–Crippen MR) is 139 cm³/mol. The number of halogens is 6. The minimum Gasteiger partial charge on any atom is -0.493 e. The van der Waals surface area contributed by atoms with E-state index in [2.05, 4.69) is 16.7 Å². The van der Waals surface area contributed by atoms with Gasteiger partial charge < -0.3 is 9.57 Å². The molecule has 2 aromatic carbocycles. The monoisotopic (exact) mass is 628 g/mol. The predicted octanol–water partition coefficient (Wildman–Crippen LogP) is 5.72. The van der Waals surface area contributed by atoms with Crippen molar-refractivity contribution >= 4 is 45.1 Å². The molecule has 1 fully saturated rings. The van der Waals surface area contributed by atoms with Gasteiger partial charge in [0.25, 0.3) is 10.0 Å². The van der Waals surface area contributed by atoms with Crippen LogP contribution in [-0.4, -0.2) is 61.8 Å². The fourth-order valence-corrected chi connectivity index (χ4v) is 5.36. The van der Waals surface area contributed by atoms with Crippen LogP contribution in [0.4, 0.5) is 17.6 Å². The van der Waals surface area contributed by atoms with Crippen molar-refractivity contribution < 1.29 is 45.1 Å². The molecule has 0 saturated carbocycles. The van der Waals surface area contributed by atoms with Crippen molar-refractivity contribution in [1.82, 2.24) is 9.37 Å². The van der Waals surface area contributed by atoms with E-state index in [4.69, 9.17) is 27.9 Å². The minimum absolute atomic E-state index is 0.0663. The number of ether oxygens (including phenoxy) is 1. The smallest absolute Gasteiger partial charge is 0.493 e. The number of carbonyl (C=O) groups excluding carboxylic acids is 2. The third kappa shape index (κ3) is 7.99. The highest BCUT2D eigenvalue weighted by atomic mass is 35.5. The Morgan fingerprint density at radius 3 is 2.20 bits per heavy atom. The lowest BCUT2D eigenvalue weighted by molar-refractivity contribution is -0.216. The molecule has 220 valence electrons. The molecule has 1 saturated heterocycles. The number of carbonyl (C=O) groups is 2. The van der Waals surface area contributed by atoms with Gasteiger partial charge in [-0.1, -0.05) is 27.7 Å². The molecule has 3 rings (SSSR count). The number of piperidine rings is 1. The maximum absolute atomic E-state index is 14.8. The van der Waals surface area contributed by atoms with E-state index in [1.807, 2.05) is 12.1 Å². The zero-order chi connectivity index (χ0) is 30.0. The van der Waals surface area contributed by atoms with Crippen LogP contribution in [0.5, 0.6) is 5.75 Å². The third-order valence-corrected chi connectivity index (χ3v) is 7.68. The molecule has 1 aliphatic rings. The molecule has 0 aliphatic carbocycles. The second-order valence-electron chi connectivity index (χ2n) is 9.44. The highest BCUT2D eigenvalue weighted by Crippen LogP contribution is 2.31. The Labute approximate surface area is 238 Å². The van der Waals surface area contributed by atoms with Gasteiger partial charge in [0, 0.05) is 22.2 Å². The summed E-state index contributed by atoms with van der Waals surface area (Å²) in [7, 11) is -4.84. The summed E-state index contributed by atoms with van der Waals surface area (Å²) in [6, 6.07) is 7.23. The molecule has 0 unspecified atom stereocenters. The van der Waals surface area contributed by atoms with Gasteiger partial charge >= 0.3 is 18.1 Å². The van der Waals surface area contributed by atoms with E-state index in [-0.39, 0.29) is 29.9 Å². The molecule has 15 heteroatoms. The van der Waals surface area contributed by atoms with E-state index >= 15 is 0 Å². The van der Waals surface area contributed by atoms with Gasteiger partial charge in [-0.25, -0.2) is 17.6 Å². The Balaban J connectivity index is 1.64. The number of nitrogens with zero attached hydrogens (tertiary/aromatic N) is 2. The summed E-state index contributed by atoms with van der Waals surface area (Å²) in [5.41, 5.74) is 0.286. The number of sulfonamides is 1. The normalized spacial score (nSPS) is 15.9. The second-order valence-corrected chi connectivity index (χ2v) is 12.1. The maximum atomic E-state index is 14.8. The number of aryl methyl sites for hydroxylation is 1. The Morgan fingerprint density at radius 2 is 1.68 bits per heavy atom. The number of benzene rings is 2. The summed E-state index contributed by atoms with van der Waals surface area (Å²) in [5, 5.41) is 1.11. The van der Waals surface area contributed by atoms with E-state index in [0.717, 1.165) is 43.6 Å². The molecule has 1 aliphatic heterocycles. The first kappa shape index (κ1) is 31.9. The maximum Gasteiger partial charge on any atom is 0.493 e. The molecule has 2 aromatic rings. The van der Waals surface area contributed by atoms with Crippen LogP contribution in [0.25, 0.3) is 0 Å². The summed E-state index contributed by atoms with van der Waals surface area (Å²) < 4.78 is 81.1. The van der Waals surface area contributed by atoms with Crippen molar-refractivity contribution in [2.75, 3.05) is 26.0 Å². The molecule has 1 atom stereocenters. The van der Waals surface area contributed by atoms with E-state index in [0.29, 0.717) is 16.3 Å². The molecular formula is C25H26Cl2F4N2O6S. The van der Waals surface area contributed by atoms with Gasteiger partial charge in [-0.15, -0.1) is 0 Å². The van der Waals surface area contributed by atoms with Crippen molar-refractivity contribution in [3.05, 3.63) is 62.9 Å². The highest BCUT2D eigenvalue weighted by Gasteiger charge is 2.45. The molecule has 0 N–H and O–H groups in total. The highest BCUT2D eigenvalue weighted by molar-refractivity contribution is 7.88. The van der Waals surface area contributed by atoms with E-state index in [9.17, 15) is 35.6 Å². The third-order valence-electron chi connectivity index (χ3n) is 6.40. The van der Waals surface area contributed by atoms with Gasteiger partial charge in [0.15, 0.2) is 0 Å². The Hall–Kier alpha value is -2.61. The summed E-state index contributed by atoms with van der Waals surface area (Å²) in [5.74, 6) is -5.84. The van der Waals surface area contributed by atoms with Crippen LogP contribution in [-0.2, 0) is 19.7 Å². The molecule has 1 amide bonds. The van der Waals surface area contributed by atoms with Crippen LogP contribution in [0, 0.1) is 18.7 Å². The van der Waals surface area contributed by atoms with Gasteiger partial charge in [0.1, 0.15) is 11.6 Å². The molecule has 40 heavy (non-hydrogen) atoms. The largest absolute Gasteiger partial charge is 0.493 e. The second kappa shape index (κ2) is 12.5. The average molecular weight is 629 g/mol. The first-order valence-corrected chi connectivity index (χ1v) is 14.5. The lowest BCUT2D eigenvalue weighted by Gasteiger charge is -2.36. The lowest BCUT2D eigenvalue weighted by atomic mass is 9.95. The van der Waals surface area contributed by atoms with Crippen molar-refractivity contribution in [3.8, 4) is 5.75 Å². The molecule has 0 aromatic heterocycles. The van der Waals surface area contributed by atoms with Crippen molar-refractivity contribution in [1.29, 1.82) is 0 Å². The number of hydrogen-bond donors (Lipinski definition) is 0. The van der Waals surface area contributed by atoms with Crippen LogP contribution in [0.1, 0.15) is 47.3 Å². The molecule has 0 spiro atoms. The molecule has 0 bridgehead atoms. The average Bonchev–Trinajstić information content (AvgIpc) is 2.85. The van der Waals surface area contributed by atoms with Crippen LogP contribution in [0.15, 0.2) is 30.3 Å². The van der Waals surface area contributed by atoms with Gasteiger partial charge in [0.2, 0.25) is 0 Å². The van der Waals surface area contributed by atoms with Crippen molar-refractivity contribution in [2.45, 2.75) is 38.9 Å². The summed E-state index contributed by atoms with van der Waals surface area (Å²) in [6.45, 7) is 5.26. The molecular weight excluding hydrogens is 603 g/mol. The number of likely N-dealkylation sites (tertiary alicyclic amines) is 1. The standard InChI is InChI=1S/C25H26Cl2F4N2O6S/c1-14-8-20(23(34)33(40(3,36)37)39-24(35)25(29,30)31)21(28)12-22(14)38-13-16-4-6-32(7-5-16)15(2)17-9-18(26)11-19(27)10-17/h8-12,15-16H,4-7,13H2,1-3H3/t15-/m0/s1.